The summed E-state index contributed by atoms with van der Waals surface area (Å²) in [4.78, 5) is 7.32. The SMILES string of the molecule is FC(F)(F)c1ccc2nc(-c3cccc(Nc4cccnn4)c3)[nH]c2c1. The molecule has 0 atom stereocenters. The van der Waals surface area contributed by atoms with Gasteiger partial charge < -0.3 is 10.3 Å². The molecule has 0 saturated carbocycles. The monoisotopic (exact) mass is 355 g/mol. The van der Waals surface area contributed by atoms with Gasteiger partial charge in [-0.25, -0.2) is 4.98 Å². The van der Waals surface area contributed by atoms with Crippen LogP contribution in [0.25, 0.3) is 22.4 Å². The number of aromatic nitrogens is 4. The number of fused-ring (bicyclic) bond motifs is 1. The van der Waals surface area contributed by atoms with Gasteiger partial charge in [0.1, 0.15) is 5.82 Å². The zero-order valence-corrected chi connectivity index (χ0v) is 13.2. The molecule has 0 aliphatic heterocycles. The summed E-state index contributed by atoms with van der Waals surface area (Å²) in [7, 11) is 0. The van der Waals surface area contributed by atoms with Gasteiger partial charge in [0.05, 0.1) is 16.6 Å². The van der Waals surface area contributed by atoms with Crippen molar-refractivity contribution < 1.29 is 13.2 Å². The van der Waals surface area contributed by atoms with Crippen molar-refractivity contribution in [1.29, 1.82) is 0 Å². The lowest BCUT2D eigenvalue weighted by atomic mass is 10.2. The number of nitrogens with one attached hydrogen (secondary N) is 2. The highest BCUT2D eigenvalue weighted by Gasteiger charge is 2.30. The van der Waals surface area contributed by atoms with E-state index in [0.717, 1.165) is 23.4 Å². The summed E-state index contributed by atoms with van der Waals surface area (Å²) in [5.74, 6) is 1.08. The summed E-state index contributed by atoms with van der Waals surface area (Å²) in [6.07, 6.45) is -2.81. The average molecular weight is 355 g/mol. The maximum Gasteiger partial charge on any atom is 0.416 e. The fourth-order valence-corrected chi connectivity index (χ4v) is 2.58. The van der Waals surface area contributed by atoms with Crippen LogP contribution in [0.4, 0.5) is 24.7 Å². The first-order chi connectivity index (χ1) is 12.5. The number of alkyl halides is 3. The van der Waals surface area contributed by atoms with Crippen LogP contribution < -0.4 is 5.32 Å². The molecule has 4 aromatic rings. The Morgan fingerprint density at radius 1 is 0.962 bits per heavy atom. The second-order valence-electron chi connectivity index (χ2n) is 5.63. The van der Waals surface area contributed by atoms with Crippen molar-refractivity contribution in [2.45, 2.75) is 6.18 Å². The quantitative estimate of drug-likeness (QED) is 0.555. The molecule has 4 rings (SSSR count). The van der Waals surface area contributed by atoms with E-state index in [4.69, 9.17) is 0 Å². The number of hydrogen-bond donors (Lipinski definition) is 2. The van der Waals surface area contributed by atoms with E-state index in [1.807, 2.05) is 24.3 Å². The lowest BCUT2D eigenvalue weighted by molar-refractivity contribution is -0.137. The van der Waals surface area contributed by atoms with E-state index in [1.54, 1.807) is 18.3 Å². The Balaban J connectivity index is 1.68. The molecular formula is C18H12F3N5. The number of halogens is 3. The molecule has 5 nitrogen and oxygen atoms in total. The molecule has 8 heteroatoms. The van der Waals surface area contributed by atoms with E-state index >= 15 is 0 Å². The lowest BCUT2D eigenvalue weighted by Crippen LogP contribution is -2.04. The van der Waals surface area contributed by atoms with E-state index in [-0.39, 0.29) is 0 Å². The van der Waals surface area contributed by atoms with E-state index in [1.165, 1.54) is 6.07 Å². The highest BCUT2D eigenvalue weighted by Crippen LogP contribution is 2.32. The number of benzene rings is 2. The number of imidazole rings is 1. The summed E-state index contributed by atoms with van der Waals surface area (Å²) >= 11 is 0. The van der Waals surface area contributed by atoms with Crippen LogP contribution >= 0.6 is 0 Å². The van der Waals surface area contributed by atoms with E-state index in [2.05, 4.69) is 25.5 Å². The van der Waals surface area contributed by atoms with Crippen LogP contribution in [0, 0.1) is 0 Å². The van der Waals surface area contributed by atoms with Crippen LogP contribution in [-0.2, 0) is 6.18 Å². The molecular weight excluding hydrogens is 343 g/mol. The first kappa shape index (κ1) is 16.1. The van der Waals surface area contributed by atoms with Crippen LogP contribution in [0.2, 0.25) is 0 Å². The molecule has 0 fully saturated rings. The third-order valence-corrected chi connectivity index (χ3v) is 3.79. The maximum atomic E-state index is 12.9. The second-order valence-corrected chi connectivity index (χ2v) is 5.63. The molecule has 2 heterocycles. The topological polar surface area (TPSA) is 66.5 Å². The summed E-state index contributed by atoms with van der Waals surface area (Å²) in [6.45, 7) is 0. The Kier molecular flexibility index (Phi) is 3.80. The van der Waals surface area contributed by atoms with Gasteiger partial charge >= 0.3 is 6.18 Å². The lowest BCUT2D eigenvalue weighted by Gasteiger charge is -2.06. The molecule has 130 valence electrons. The first-order valence-electron chi connectivity index (χ1n) is 7.71. The first-order valence-corrected chi connectivity index (χ1v) is 7.71. The van der Waals surface area contributed by atoms with Crippen LogP contribution in [0.3, 0.4) is 0 Å². The standard InChI is InChI=1S/C18H12F3N5/c19-18(20,21)12-6-7-14-15(10-12)25-17(24-14)11-3-1-4-13(9-11)23-16-5-2-8-22-26-16/h1-10H,(H,23,26)(H,24,25). The molecule has 2 aromatic carbocycles. The number of rotatable bonds is 3. The highest BCUT2D eigenvalue weighted by molar-refractivity contribution is 5.81. The van der Waals surface area contributed by atoms with E-state index in [9.17, 15) is 13.2 Å². The van der Waals surface area contributed by atoms with Crippen molar-refractivity contribution in [1.82, 2.24) is 20.2 Å². The number of nitrogens with zero attached hydrogens (tertiary/aromatic N) is 3. The van der Waals surface area contributed by atoms with E-state index in [0.29, 0.717) is 22.7 Å². The average Bonchev–Trinajstić information content (AvgIpc) is 3.05. The Hall–Kier alpha value is -3.42. The predicted octanol–water partition coefficient (Wildman–Crippen LogP) is 4.78. The minimum atomic E-state index is -4.39. The van der Waals surface area contributed by atoms with Gasteiger partial charge in [-0.15, -0.1) is 5.10 Å². The smallest absolute Gasteiger partial charge is 0.339 e. The minimum Gasteiger partial charge on any atom is -0.339 e. The van der Waals surface area contributed by atoms with Crippen molar-refractivity contribution >= 4 is 22.5 Å². The van der Waals surface area contributed by atoms with Gasteiger partial charge in [-0.3, -0.25) is 0 Å². The maximum absolute atomic E-state index is 12.9. The van der Waals surface area contributed by atoms with Crippen LogP contribution in [0.15, 0.2) is 60.8 Å². The summed E-state index contributed by atoms with van der Waals surface area (Å²) in [6, 6.07) is 14.3. The molecule has 0 radical (unpaired) electrons. The Morgan fingerprint density at radius 2 is 1.85 bits per heavy atom. The number of anilines is 2. The number of hydrogen-bond acceptors (Lipinski definition) is 4. The third-order valence-electron chi connectivity index (χ3n) is 3.79. The van der Waals surface area contributed by atoms with Crippen LogP contribution in [0.5, 0.6) is 0 Å². The molecule has 0 saturated heterocycles. The molecule has 26 heavy (non-hydrogen) atoms. The van der Waals surface area contributed by atoms with Gasteiger partial charge in [-0.05, 0) is 42.5 Å². The van der Waals surface area contributed by atoms with Crippen molar-refractivity contribution in [2.75, 3.05) is 5.32 Å². The van der Waals surface area contributed by atoms with Crippen LogP contribution in [0.1, 0.15) is 5.56 Å². The minimum absolute atomic E-state index is 0.335. The fraction of sp³-hybridized carbons (Fsp3) is 0.0556. The normalized spacial score (nSPS) is 11.7. The van der Waals surface area contributed by atoms with Gasteiger partial charge in [-0.2, -0.15) is 18.3 Å². The van der Waals surface area contributed by atoms with E-state index < -0.39 is 11.7 Å². The van der Waals surface area contributed by atoms with Gasteiger partial charge in [0.2, 0.25) is 0 Å². The molecule has 0 bridgehead atoms. The second kappa shape index (κ2) is 6.14. The summed E-state index contributed by atoms with van der Waals surface area (Å²) in [5, 5.41) is 10.9. The zero-order chi connectivity index (χ0) is 18.1. The van der Waals surface area contributed by atoms with Crippen molar-refractivity contribution in [2.24, 2.45) is 0 Å². The fourth-order valence-electron chi connectivity index (χ4n) is 2.58. The molecule has 0 aliphatic rings. The summed E-state index contributed by atoms with van der Waals surface area (Å²) < 4.78 is 38.6. The van der Waals surface area contributed by atoms with Gasteiger partial charge in [0, 0.05) is 17.4 Å². The molecule has 0 unspecified atom stereocenters. The van der Waals surface area contributed by atoms with Gasteiger partial charge in [-0.1, -0.05) is 12.1 Å². The Morgan fingerprint density at radius 3 is 2.62 bits per heavy atom. The zero-order valence-electron chi connectivity index (χ0n) is 13.2. The highest BCUT2D eigenvalue weighted by atomic mass is 19.4. The van der Waals surface area contributed by atoms with Gasteiger partial charge in [0.15, 0.2) is 5.82 Å². The van der Waals surface area contributed by atoms with Crippen molar-refractivity contribution in [3.63, 3.8) is 0 Å². The molecule has 2 N–H and O–H groups in total. The number of aromatic amines is 1. The third kappa shape index (κ3) is 3.21. The molecule has 0 amide bonds. The van der Waals surface area contributed by atoms with Crippen molar-refractivity contribution in [3.8, 4) is 11.4 Å². The number of H-pyrrole nitrogens is 1. The van der Waals surface area contributed by atoms with Gasteiger partial charge in [0.25, 0.3) is 0 Å². The molecule has 2 aromatic heterocycles. The van der Waals surface area contributed by atoms with Crippen LogP contribution in [-0.4, -0.2) is 20.2 Å². The molecule has 0 spiro atoms. The summed E-state index contributed by atoms with van der Waals surface area (Å²) in [5.41, 5.74) is 1.60. The Bertz CT molecular complexity index is 1060. The molecule has 0 aliphatic carbocycles. The Labute approximate surface area is 145 Å². The predicted molar refractivity (Wildman–Crippen MR) is 91.8 cm³/mol. The van der Waals surface area contributed by atoms with Crippen molar-refractivity contribution in [3.05, 3.63) is 66.4 Å². The largest absolute Gasteiger partial charge is 0.416 e.